The molecule has 0 fully saturated rings. The summed E-state index contributed by atoms with van der Waals surface area (Å²) < 4.78 is 28.5. The average molecular weight is 440 g/mol. The highest BCUT2D eigenvalue weighted by atomic mass is 79.9. The number of sulfonamides is 1. The number of hydrogen-bond acceptors (Lipinski definition) is 6. The number of nitrogens with zero attached hydrogens (tertiary/aromatic N) is 3. The van der Waals surface area contributed by atoms with Gasteiger partial charge in [-0.15, -0.1) is 0 Å². The van der Waals surface area contributed by atoms with E-state index >= 15 is 0 Å². The molecule has 0 aliphatic carbocycles. The molecular formula is C15H14BrN5O4S. The molecule has 3 aromatic rings. The van der Waals surface area contributed by atoms with Crippen LogP contribution < -0.4 is 10.0 Å². The van der Waals surface area contributed by atoms with E-state index in [9.17, 15) is 18.5 Å². The highest BCUT2D eigenvalue weighted by Crippen LogP contribution is 2.28. The molecule has 2 N–H and O–H groups in total. The van der Waals surface area contributed by atoms with Crippen LogP contribution in [0.4, 0.5) is 11.4 Å². The largest absolute Gasteiger partial charge is 0.374 e. The van der Waals surface area contributed by atoms with Crippen LogP contribution in [0, 0.1) is 10.1 Å². The zero-order valence-electron chi connectivity index (χ0n) is 13.5. The number of rotatable bonds is 6. The monoisotopic (exact) mass is 439 g/mol. The van der Waals surface area contributed by atoms with Crippen molar-refractivity contribution in [3.05, 3.63) is 63.0 Å². The molecule has 0 aliphatic rings. The molecule has 1 aromatic carbocycles. The summed E-state index contributed by atoms with van der Waals surface area (Å²) >= 11 is 3.38. The van der Waals surface area contributed by atoms with Crippen LogP contribution in [0.5, 0.6) is 0 Å². The molecule has 0 amide bonds. The molecule has 11 heteroatoms. The van der Waals surface area contributed by atoms with Gasteiger partial charge in [-0.05, 0) is 47.2 Å². The second kappa shape index (κ2) is 7.02. The van der Waals surface area contributed by atoms with E-state index < -0.39 is 14.9 Å². The lowest BCUT2D eigenvalue weighted by atomic mass is 10.2. The molecule has 0 radical (unpaired) electrons. The summed E-state index contributed by atoms with van der Waals surface area (Å²) in [6.45, 7) is 0.248. The first-order valence-corrected chi connectivity index (χ1v) is 9.67. The van der Waals surface area contributed by atoms with Gasteiger partial charge in [0.05, 0.1) is 22.1 Å². The molecule has 0 saturated carbocycles. The van der Waals surface area contributed by atoms with Gasteiger partial charge in [0.15, 0.2) is 0 Å². The molecule has 2 aromatic heterocycles. The number of imidazole rings is 1. The van der Waals surface area contributed by atoms with E-state index in [0.29, 0.717) is 5.69 Å². The van der Waals surface area contributed by atoms with Crippen LogP contribution >= 0.6 is 15.9 Å². The Labute approximate surface area is 157 Å². The minimum atomic E-state index is -3.76. The summed E-state index contributed by atoms with van der Waals surface area (Å²) in [5.74, 6) is 0. The van der Waals surface area contributed by atoms with Crippen LogP contribution in [-0.2, 0) is 16.6 Å². The lowest BCUT2D eigenvalue weighted by molar-refractivity contribution is -0.384. The molecule has 0 atom stereocenters. The first kappa shape index (κ1) is 18.3. The highest BCUT2D eigenvalue weighted by molar-refractivity contribution is 9.10. The van der Waals surface area contributed by atoms with Crippen molar-refractivity contribution >= 4 is 43.0 Å². The van der Waals surface area contributed by atoms with Crippen molar-refractivity contribution < 1.29 is 13.3 Å². The second-order valence-electron chi connectivity index (χ2n) is 5.34. The molecule has 136 valence electrons. The van der Waals surface area contributed by atoms with Crippen molar-refractivity contribution in [2.45, 2.75) is 11.4 Å². The fourth-order valence-electron chi connectivity index (χ4n) is 2.39. The number of aromatic nitrogens is 2. The third-order valence-corrected chi connectivity index (χ3v) is 5.55. The number of fused-ring (bicyclic) bond motifs is 1. The number of nitro groups is 1. The Bertz CT molecular complexity index is 1100. The zero-order valence-corrected chi connectivity index (χ0v) is 15.9. The molecule has 0 bridgehead atoms. The first-order chi connectivity index (χ1) is 12.3. The van der Waals surface area contributed by atoms with Gasteiger partial charge in [0.25, 0.3) is 5.69 Å². The molecule has 26 heavy (non-hydrogen) atoms. The number of pyridine rings is 1. The van der Waals surface area contributed by atoms with Crippen molar-refractivity contribution in [1.29, 1.82) is 0 Å². The maximum atomic E-state index is 11.8. The number of halogens is 1. The quantitative estimate of drug-likeness (QED) is 0.449. The second-order valence-corrected chi connectivity index (χ2v) is 8.14. The van der Waals surface area contributed by atoms with Crippen molar-refractivity contribution in [2.75, 3.05) is 12.4 Å². The summed E-state index contributed by atoms with van der Waals surface area (Å²) in [7, 11) is -2.52. The molecule has 0 aliphatic heterocycles. The topological polar surface area (TPSA) is 119 Å². The lowest BCUT2D eigenvalue weighted by Crippen LogP contribution is -2.18. The van der Waals surface area contributed by atoms with E-state index in [4.69, 9.17) is 0 Å². The third kappa shape index (κ3) is 3.69. The number of benzene rings is 1. The van der Waals surface area contributed by atoms with E-state index in [0.717, 1.165) is 16.2 Å². The lowest BCUT2D eigenvalue weighted by Gasteiger charge is -2.08. The van der Waals surface area contributed by atoms with Crippen LogP contribution in [0.1, 0.15) is 5.69 Å². The number of nitro benzene ring substituents is 1. The Balaban J connectivity index is 1.87. The van der Waals surface area contributed by atoms with Crippen LogP contribution in [0.3, 0.4) is 0 Å². The summed E-state index contributed by atoms with van der Waals surface area (Å²) in [4.78, 5) is 14.9. The van der Waals surface area contributed by atoms with Crippen molar-refractivity contribution in [3.8, 4) is 0 Å². The maximum absolute atomic E-state index is 11.8. The van der Waals surface area contributed by atoms with Gasteiger partial charge >= 0.3 is 0 Å². The number of nitrogens with one attached hydrogen (secondary N) is 2. The van der Waals surface area contributed by atoms with Crippen molar-refractivity contribution in [3.63, 3.8) is 0 Å². The smallest absolute Gasteiger partial charge is 0.293 e. The van der Waals surface area contributed by atoms with E-state index in [1.807, 2.05) is 22.7 Å². The minimum absolute atomic E-state index is 0.171. The van der Waals surface area contributed by atoms with Crippen molar-refractivity contribution in [1.82, 2.24) is 14.1 Å². The van der Waals surface area contributed by atoms with Gasteiger partial charge in [-0.25, -0.2) is 18.1 Å². The van der Waals surface area contributed by atoms with Gasteiger partial charge < -0.3 is 9.72 Å². The third-order valence-electron chi connectivity index (χ3n) is 3.67. The standard InChI is InChI=1S/C15H14BrN5O4S/c1-17-26(24,25)12-3-4-13(14(6-12)21(22)23)18-7-11-9-20-8-10(16)2-5-15(20)19-11/h2-6,8-9,17-18H,7H2,1H3. The Kier molecular flexibility index (Phi) is 4.94. The molecular weight excluding hydrogens is 426 g/mol. The Hall–Kier alpha value is -2.50. The predicted octanol–water partition coefficient (Wildman–Crippen LogP) is 2.53. The number of hydrogen-bond donors (Lipinski definition) is 2. The van der Waals surface area contributed by atoms with Gasteiger partial charge in [-0.2, -0.15) is 0 Å². The van der Waals surface area contributed by atoms with Gasteiger partial charge in [0.1, 0.15) is 11.3 Å². The van der Waals surface area contributed by atoms with Crippen LogP contribution in [-0.4, -0.2) is 29.8 Å². The Morgan fingerprint density at radius 3 is 2.73 bits per heavy atom. The Morgan fingerprint density at radius 2 is 2.04 bits per heavy atom. The first-order valence-electron chi connectivity index (χ1n) is 7.39. The van der Waals surface area contributed by atoms with Gasteiger partial charge in [-0.3, -0.25) is 10.1 Å². The van der Waals surface area contributed by atoms with Gasteiger partial charge in [0, 0.05) is 22.9 Å². The van der Waals surface area contributed by atoms with Crippen molar-refractivity contribution in [2.24, 2.45) is 0 Å². The van der Waals surface area contributed by atoms with Gasteiger partial charge in [0.2, 0.25) is 10.0 Å². The zero-order chi connectivity index (χ0) is 18.9. The highest BCUT2D eigenvalue weighted by Gasteiger charge is 2.20. The molecule has 0 unspecified atom stereocenters. The fraction of sp³-hybridized carbons (Fsp3) is 0.133. The summed E-state index contributed by atoms with van der Waals surface area (Å²) in [5, 5.41) is 14.2. The Morgan fingerprint density at radius 1 is 1.27 bits per heavy atom. The van der Waals surface area contributed by atoms with E-state index in [-0.39, 0.29) is 22.8 Å². The van der Waals surface area contributed by atoms with Crippen LogP contribution in [0.2, 0.25) is 0 Å². The summed E-state index contributed by atoms with van der Waals surface area (Å²) in [6.07, 6.45) is 3.66. The van der Waals surface area contributed by atoms with E-state index in [1.165, 1.54) is 19.2 Å². The SMILES string of the molecule is CNS(=O)(=O)c1ccc(NCc2cn3cc(Br)ccc3n2)c([N+](=O)[O-])c1. The molecule has 2 heterocycles. The molecule has 3 rings (SSSR count). The van der Waals surface area contributed by atoms with E-state index in [2.05, 4.69) is 31.0 Å². The predicted molar refractivity (Wildman–Crippen MR) is 99.6 cm³/mol. The summed E-state index contributed by atoms with van der Waals surface area (Å²) in [5.41, 5.74) is 1.32. The molecule has 9 nitrogen and oxygen atoms in total. The fourth-order valence-corrected chi connectivity index (χ4v) is 3.49. The van der Waals surface area contributed by atoms with E-state index in [1.54, 1.807) is 6.20 Å². The van der Waals surface area contributed by atoms with Gasteiger partial charge in [-0.1, -0.05) is 0 Å². The normalized spacial score (nSPS) is 11.6. The molecule has 0 saturated heterocycles. The minimum Gasteiger partial charge on any atom is -0.374 e. The number of anilines is 1. The average Bonchev–Trinajstić information content (AvgIpc) is 3.01. The van der Waals surface area contributed by atoms with Crippen LogP contribution in [0.15, 0.2) is 52.1 Å². The molecule has 0 spiro atoms. The maximum Gasteiger partial charge on any atom is 0.293 e. The summed E-state index contributed by atoms with van der Waals surface area (Å²) in [6, 6.07) is 7.41. The van der Waals surface area contributed by atoms with Crippen LogP contribution in [0.25, 0.3) is 5.65 Å².